The SMILES string of the molecule is CCC(CSC)N(C)S(=O)(=O)c1cn(C)nc1N. The van der Waals surface area contributed by atoms with Crippen LogP contribution in [0.2, 0.25) is 0 Å². The van der Waals surface area contributed by atoms with Crippen molar-refractivity contribution in [1.29, 1.82) is 0 Å². The summed E-state index contributed by atoms with van der Waals surface area (Å²) in [5.41, 5.74) is 5.64. The number of sulfonamides is 1. The molecule has 0 aliphatic carbocycles. The summed E-state index contributed by atoms with van der Waals surface area (Å²) in [7, 11) is -0.334. The second-order valence-corrected chi connectivity index (χ2v) is 6.97. The first-order valence-electron chi connectivity index (χ1n) is 5.60. The quantitative estimate of drug-likeness (QED) is 0.837. The van der Waals surface area contributed by atoms with Crippen LogP contribution in [0.1, 0.15) is 13.3 Å². The third-order valence-corrected chi connectivity index (χ3v) is 5.47. The van der Waals surface area contributed by atoms with E-state index in [9.17, 15) is 8.42 Å². The number of nitrogens with zero attached hydrogens (tertiary/aromatic N) is 3. The first-order chi connectivity index (χ1) is 8.34. The first kappa shape index (κ1) is 15.3. The fraction of sp³-hybridized carbons (Fsp3) is 0.700. The molecule has 8 heteroatoms. The van der Waals surface area contributed by atoms with Crippen LogP contribution in [0, 0.1) is 0 Å². The van der Waals surface area contributed by atoms with Gasteiger partial charge in [0.15, 0.2) is 5.82 Å². The van der Waals surface area contributed by atoms with Crippen molar-refractivity contribution in [3.63, 3.8) is 0 Å². The van der Waals surface area contributed by atoms with Gasteiger partial charge in [0.2, 0.25) is 10.0 Å². The fourth-order valence-corrected chi connectivity index (χ4v) is 4.16. The molecule has 6 nitrogen and oxygen atoms in total. The van der Waals surface area contributed by atoms with Crippen LogP contribution >= 0.6 is 11.8 Å². The molecule has 1 rings (SSSR count). The lowest BCUT2D eigenvalue weighted by molar-refractivity contribution is 0.385. The van der Waals surface area contributed by atoms with Crippen molar-refractivity contribution in [2.75, 3.05) is 24.8 Å². The Morgan fingerprint density at radius 2 is 2.22 bits per heavy atom. The Balaban J connectivity index is 3.09. The summed E-state index contributed by atoms with van der Waals surface area (Å²) in [5.74, 6) is 0.801. The van der Waals surface area contributed by atoms with Gasteiger partial charge in [0, 0.05) is 32.1 Å². The zero-order chi connectivity index (χ0) is 13.9. The Morgan fingerprint density at radius 1 is 1.61 bits per heavy atom. The second-order valence-electron chi connectivity index (χ2n) is 4.09. The van der Waals surface area contributed by atoms with Gasteiger partial charge < -0.3 is 5.73 Å². The molecule has 0 aliphatic heterocycles. The average molecular weight is 292 g/mol. The number of nitrogens with two attached hydrogens (primary N) is 1. The van der Waals surface area contributed by atoms with E-state index in [1.54, 1.807) is 25.9 Å². The summed E-state index contributed by atoms with van der Waals surface area (Å²) in [6, 6.07) is -0.0374. The minimum Gasteiger partial charge on any atom is -0.381 e. The minimum absolute atomic E-state index is 0.0374. The van der Waals surface area contributed by atoms with Gasteiger partial charge in [-0.05, 0) is 12.7 Å². The molecule has 2 N–H and O–H groups in total. The minimum atomic E-state index is -3.57. The highest BCUT2D eigenvalue weighted by atomic mass is 32.2. The number of thioether (sulfide) groups is 1. The van der Waals surface area contributed by atoms with Gasteiger partial charge in [-0.2, -0.15) is 21.2 Å². The molecule has 1 heterocycles. The van der Waals surface area contributed by atoms with Crippen LogP contribution in [-0.4, -0.2) is 47.6 Å². The highest BCUT2D eigenvalue weighted by Crippen LogP contribution is 2.23. The Morgan fingerprint density at radius 3 is 2.61 bits per heavy atom. The van der Waals surface area contributed by atoms with Crippen LogP contribution in [0.5, 0.6) is 0 Å². The molecule has 0 saturated heterocycles. The van der Waals surface area contributed by atoms with Crippen molar-refractivity contribution in [2.45, 2.75) is 24.3 Å². The van der Waals surface area contributed by atoms with E-state index in [1.165, 1.54) is 15.2 Å². The summed E-state index contributed by atoms with van der Waals surface area (Å²) in [6.07, 6.45) is 4.16. The standard InChI is InChI=1S/C10H20N4O2S2/c1-5-8(7-17-4)14(3)18(15,16)9-6-13(2)12-10(9)11/h6,8H,5,7H2,1-4H3,(H2,11,12). The lowest BCUT2D eigenvalue weighted by Gasteiger charge is -2.25. The van der Waals surface area contributed by atoms with Gasteiger partial charge in [-0.1, -0.05) is 6.92 Å². The molecule has 0 fully saturated rings. The number of nitrogen functional groups attached to an aromatic ring is 1. The molecule has 0 aliphatic rings. The summed E-state index contributed by atoms with van der Waals surface area (Å²) < 4.78 is 27.6. The molecule has 104 valence electrons. The molecule has 1 unspecified atom stereocenters. The normalized spacial score (nSPS) is 14.1. The molecule has 0 amide bonds. The van der Waals surface area contributed by atoms with Crippen molar-refractivity contribution in [3.8, 4) is 0 Å². The van der Waals surface area contributed by atoms with Crippen molar-refractivity contribution >= 4 is 27.6 Å². The van der Waals surface area contributed by atoms with Crippen molar-refractivity contribution in [1.82, 2.24) is 14.1 Å². The van der Waals surface area contributed by atoms with E-state index in [1.807, 2.05) is 13.2 Å². The number of rotatable bonds is 6. The number of aryl methyl sites for hydroxylation is 1. The molecule has 1 atom stereocenters. The predicted octanol–water partition coefficient (Wildman–Crippen LogP) is 0.764. The lowest BCUT2D eigenvalue weighted by Crippen LogP contribution is -2.38. The Kier molecular flexibility index (Phi) is 5.06. The Hall–Kier alpha value is -0.730. The first-order valence-corrected chi connectivity index (χ1v) is 8.44. The molecule has 1 aromatic rings. The van der Waals surface area contributed by atoms with Gasteiger partial charge in [-0.15, -0.1) is 0 Å². The largest absolute Gasteiger partial charge is 0.381 e. The van der Waals surface area contributed by atoms with Crippen molar-refractivity contribution in [3.05, 3.63) is 6.20 Å². The zero-order valence-corrected chi connectivity index (χ0v) is 12.8. The smallest absolute Gasteiger partial charge is 0.248 e. The number of hydrogen-bond donors (Lipinski definition) is 1. The molecule has 0 spiro atoms. The molecule has 0 radical (unpaired) electrons. The Labute approximate surface area is 113 Å². The van der Waals surface area contributed by atoms with E-state index >= 15 is 0 Å². The Bertz CT molecular complexity index is 498. The van der Waals surface area contributed by atoms with Gasteiger partial charge in [0.25, 0.3) is 0 Å². The zero-order valence-electron chi connectivity index (χ0n) is 11.1. The van der Waals surface area contributed by atoms with Gasteiger partial charge in [-0.3, -0.25) is 4.68 Å². The summed E-state index contributed by atoms with van der Waals surface area (Å²) in [4.78, 5) is 0.0760. The van der Waals surface area contributed by atoms with Crippen LogP contribution in [0.25, 0.3) is 0 Å². The van der Waals surface area contributed by atoms with E-state index in [2.05, 4.69) is 5.10 Å². The van der Waals surface area contributed by atoms with E-state index < -0.39 is 10.0 Å². The van der Waals surface area contributed by atoms with E-state index in [-0.39, 0.29) is 16.8 Å². The van der Waals surface area contributed by atoms with Crippen LogP contribution in [-0.2, 0) is 17.1 Å². The fourth-order valence-electron chi connectivity index (χ4n) is 1.71. The van der Waals surface area contributed by atoms with Gasteiger partial charge in [-0.25, -0.2) is 8.42 Å². The second kappa shape index (κ2) is 5.94. The third kappa shape index (κ3) is 2.99. The number of anilines is 1. The average Bonchev–Trinajstić information content (AvgIpc) is 2.65. The molecular formula is C10H20N4O2S2. The number of aromatic nitrogens is 2. The maximum atomic E-state index is 12.4. The molecule has 0 aromatic carbocycles. The van der Waals surface area contributed by atoms with Crippen molar-refractivity contribution in [2.24, 2.45) is 7.05 Å². The van der Waals surface area contributed by atoms with Gasteiger partial charge in [0.1, 0.15) is 4.90 Å². The molecule has 1 aromatic heterocycles. The summed E-state index contributed by atoms with van der Waals surface area (Å²) in [6.45, 7) is 1.97. The number of hydrogen-bond acceptors (Lipinski definition) is 5. The highest BCUT2D eigenvalue weighted by Gasteiger charge is 2.30. The van der Waals surface area contributed by atoms with E-state index in [0.717, 1.165) is 12.2 Å². The summed E-state index contributed by atoms with van der Waals surface area (Å²) in [5, 5.41) is 3.87. The highest BCUT2D eigenvalue weighted by molar-refractivity contribution is 7.98. The van der Waals surface area contributed by atoms with Crippen molar-refractivity contribution < 1.29 is 8.42 Å². The van der Waals surface area contributed by atoms with Gasteiger partial charge >= 0.3 is 0 Å². The van der Waals surface area contributed by atoms with Crippen LogP contribution in [0.4, 0.5) is 5.82 Å². The molecule has 0 saturated carbocycles. The third-order valence-electron chi connectivity index (χ3n) is 2.82. The predicted molar refractivity (Wildman–Crippen MR) is 75.0 cm³/mol. The van der Waals surface area contributed by atoms with E-state index in [0.29, 0.717) is 0 Å². The lowest BCUT2D eigenvalue weighted by atomic mass is 10.3. The van der Waals surface area contributed by atoms with E-state index in [4.69, 9.17) is 5.73 Å². The van der Waals surface area contributed by atoms with Crippen LogP contribution < -0.4 is 5.73 Å². The maximum absolute atomic E-state index is 12.4. The van der Waals surface area contributed by atoms with Gasteiger partial charge in [0.05, 0.1) is 0 Å². The van der Waals surface area contributed by atoms with Crippen LogP contribution in [0.15, 0.2) is 11.1 Å². The summed E-state index contributed by atoms with van der Waals surface area (Å²) >= 11 is 1.63. The maximum Gasteiger partial charge on any atom is 0.248 e. The molecule has 0 bridgehead atoms. The molecular weight excluding hydrogens is 272 g/mol. The van der Waals surface area contributed by atoms with Crippen LogP contribution in [0.3, 0.4) is 0 Å². The monoisotopic (exact) mass is 292 g/mol. The molecule has 18 heavy (non-hydrogen) atoms. The topological polar surface area (TPSA) is 81.2 Å².